The molecule has 1 aromatic carbocycles. The fourth-order valence-corrected chi connectivity index (χ4v) is 6.08. The van der Waals surface area contributed by atoms with Crippen LogP contribution in [0.15, 0.2) is 18.2 Å². The first-order valence-corrected chi connectivity index (χ1v) is 8.94. The van der Waals surface area contributed by atoms with Crippen LogP contribution in [0.2, 0.25) is 0 Å². The minimum absolute atomic E-state index is 0.445. The number of aromatic hydroxyl groups is 1. The standard InChI is InChI=1S/C20H28O/c1-3-20(2)11-10-18-17-6-4-13-12-14(21)5-7-15(13)16(17)8-9-19(18)20/h5,7,12,16-19,21H,3-4,6,8-11H2,1-2H3. The average molecular weight is 284 g/mol. The smallest absolute Gasteiger partial charge is 0.115 e. The molecule has 5 unspecified atom stereocenters. The summed E-state index contributed by atoms with van der Waals surface area (Å²) in [7, 11) is 0. The van der Waals surface area contributed by atoms with Crippen molar-refractivity contribution in [1.82, 2.24) is 0 Å². The number of hydrogen-bond acceptors (Lipinski definition) is 1. The number of aryl methyl sites for hydroxylation is 1. The lowest BCUT2D eigenvalue weighted by Crippen LogP contribution is -2.38. The zero-order valence-corrected chi connectivity index (χ0v) is 13.4. The molecule has 114 valence electrons. The zero-order chi connectivity index (χ0) is 14.6. The van der Waals surface area contributed by atoms with Gasteiger partial charge in [-0.05, 0) is 90.9 Å². The summed E-state index contributed by atoms with van der Waals surface area (Å²) in [6.07, 6.45) is 9.60. The van der Waals surface area contributed by atoms with E-state index in [1.165, 1.54) is 50.5 Å². The van der Waals surface area contributed by atoms with Crippen LogP contribution in [0, 0.1) is 23.2 Å². The molecular formula is C20H28O. The SMILES string of the molecule is CCC1(C)CCC2C3CCc4cc(O)ccc4C3CCC21. The number of fused-ring (bicyclic) bond motifs is 5. The maximum absolute atomic E-state index is 9.74. The van der Waals surface area contributed by atoms with E-state index in [4.69, 9.17) is 0 Å². The van der Waals surface area contributed by atoms with E-state index >= 15 is 0 Å². The second kappa shape index (κ2) is 4.76. The summed E-state index contributed by atoms with van der Waals surface area (Å²) in [6, 6.07) is 6.14. The molecule has 21 heavy (non-hydrogen) atoms. The number of phenols is 1. The largest absolute Gasteiger partial charge is 0.508 e. The van der Waals surface area contributed by atoms with Crippen molar-refractivity contribution in [3.05, 3.63) is 29.3 Å². The van der Waals surface area contributed by atoms with Crippen LogP contribution in [0.5, 0.6) is 5.75 Å². The molecule has 0 heterocycles. The van der Waals surface area contributed by atoms with Gasteiger partial charge in [0.05, 0.1) is 0 Å². The van der Waals surface area contributed by atoms with Crippen LogP contribution in [0.1, 0.15) is 69.4 Å². The first kappa shape index (κ1) is 13.7. The molecule has 3 aliphatic carbocycles. The number of benzene rings is 1. The van der Waals surface area contributed by atoms with Gasteiger partial charge < -0.3 is 5.11 Å². The molecule has 0 aromatic heterocycles. The highest BCUT2D eigenvalue weighted by Crippen LogP contribution is 2.61. The molecule has 0 aliphatic heterocycles. The Kier molecular flexibility index (Phi) is 3.10. The predicted octanol–water partition coefficient (Wildman–Crippen LogP) is 5.27. The molecule has 0 saturated heterocycles. The van der Waals surface area contributed by atoms with Crippen molar-refractivity contribution in [2.75, 3.05) is 0 Å². The average Bonchev–Trinajstić information content (AvgIpc) is 2.85. The lowest BCUT2D eigenvalue weighted by atomic mass is 9.58. The maximum atomic E-state index is 9.74. The molecule has 1 nitrogen and oxygen atoms in total. The van der Waals surface area contributed by atoms with E-state index in [2.05, 4.69) is 19.9 Å². The van der Waals surface area contributed by atoms with Gasteiger partial charge in [0.1, 0.15) is 5.75 Å². The lowest BCUT2D eigenvalue weighted by molar-refractivity contribution is 0.0740. The molecule has 4 rings (SSSR count). The van der Waals surface area contributed by atoms with Crippen LogP contribution in [0.3, 0.4) is 0 Å². The van der Waals surface area contributed by atoms with Crippen LogP contribution >= 0.6 is 0 Å². The first-order valence-electron chi connectivity index (χ1n) is 8.94. The lowest BCUT2D eigenvalue weighted by Gasteiger charge is -2.47. The highest BCUT2D eigenvalue weighted by Gasteiger charge is 2.51. The Labute approximate surface area is 128 Å². The minimum Gasteiger partial charge on any atom is -0.508 e. The van der Waals surface area contributed by atoms with E-state index in [9.17, 15) is 5.11 Å². The minimum atomic E-state index is 0.445. The topological polar surface area (TPSA) is 20.2 Å². The Morgan fingerprint density at radius 2 is 2.00 bits per heavy atom. The summed E-state index contributed by atoms with van der Waals surface area (Å²) in [5.41, 5.74) is 3.60. The third-order valence-electron chi connectivity index (χ3n) is 7.40. The van der Waals surface area contributed by atoms with E-state index in [1.54, 1.807) is 5.56 Å². The predicted molar refractivity (Wildman–Crippen MR) is 86.5 cm³/mol. The third-order valence-corrected chi connectivity index (χ3v) is 7.40. The van der Waals surface area contributed by atoms with Gasteiger partial charge in [-0.25, -0.2) is 0 Å². The molecule has 0 amide bonds. The van der Waals surface area contributed by atoms with E-state index in [0.717, 1.165) is 23.7 Å². The molecule has 0 bridgehead atoms. The van der Waals surface area contributed by atoms with E-state index in [0.29, 0.717) is 11.2 Å². The Hall–Kier alpha value is -0.980. The Morgan fingerprint density at radius 1 is 1.14 bits per heavy atom. The Balaban J connectivity index is 1.66. The Morgan fingerprint density at radius 3 is 2.81 bits per heavy atom. The second-order valence-corrected chi connectivity index (χ2v) is 8.09. The summed E-state index contributed by atoms with van der Waals surface area (Å²) in [5, 5.41) is 9.74. The van der Waals surface area contributed by atoms with Gasteiger partial charge in [-0.15, -0.1) is 0 Å². The highest BCUT2D eigenvalue weighted by molar-refractivity contribution is 5.40. The maximum Gasteiger partial charge on any atom is 0.115 e. The van der Waals surface area contributed by atoms with E-state index < -0.39 is 0 Å². The summed E-state index contributed by atoms with van der Waals surface area (Å²) >= 11 is 0. The number of hydrogen-bond donors (Lipinski definition) is 1. The normalized spacial score (nSPS) is 41.2. The second-order valence-electron chi connectivity index (χ2n) is 8.09. The molecule has 5 atom stereocenters. The fraction of sp³-hybridized carbons (Fsp3) is 0.700. The number of rotatable bonds is 1. The summed E-state index contributed by atoms with van der Waals surface area (Å²) in [6.45, 7) is 4.94. The molecule has 0 spiro atoms. The fourth-order valence-electron chi connectivity index (χ4n) is 6.08. The van der Waals surface area contributed by atoms with Crippen molar-refractivity contribution >= 4 is 0 Å². The van der Waals surface area contributed by atoms with E-state index in [1.807, 2.05) is 12.1 Å². The van der Waals surface area contributed by atoms with E-state index in [-0.39, 0.29) is 0 Å². The summed E-state index contributed by atoms with van der Waals surface area (Å²) in [4.78, 5) is 0. The van der Waals surface area contributed by atoms with Crippen molar-refractivity contribution in [2.24, 2.45) is 23.2 Å². The van der Waals surface area contributed by atoms with Crippen LogP contribution < -0.4 is 0 Å². The molecule has 2 fully saturated rings. The van der Waals surface area contributed by atoms with Crippen LogP contribution in [-0.2, 0) is 6.42 Å². The molecule has 2 saturated carbocycles. The van der Waals surface area contributed by atoms with Gasteiger partial charge in [-0.1, -0.05) is 26.3 Å². The van der Waals surface area contributed by atoms with Gasteiger partial charge in [-0.2, -0.15) is 0 Å². The quantitative estimate of drug-likeness (QED) is 0.744. The van der Waals surface area contributed by atoms with Crippen LogP contribution in [0.4, 0.5) is 0 Å². The molecule has 3 aliphatic rings. The number of phenolic OH excluding ortho intramolecular Hbond substituents is 1. The summed E-state index contributed by atoms with van der Waals surface area (Å²) in [5.74, 6) is 4.07. The Bertz CT molecular complexity index is 549. The van der Waals surface area contributed by atoms with Gasteiger partial charge in [0, 0.05) is 0 Å². The van der Waals surface area contributed by atoms with Crippen LogP contribution in [-0.4, -0.2) is 5.11 Å². The van der Waals surface area contributed by atoms with Crippen molar-refractivity contribution in [1.29, 1.82) is 0 Å². The third kappa shape index (κ3) is 1.96. The van der Waals surface area contributed by atoms with Gasteiger partial charge in [-0.3, -0.25) is 0 Å². The molecule has 1 heteroatoms. The molecule has 1 N–H and O–H groups in total. The van der Waals surface area contributed by atoms with Crippen molar-refractivity contribution in [3.8, 4) is 5.75 Å². The van der Waals surface area contributed by atoms with Gasteiger partial charge >= 0.3 is 0 Å². The van der Waals surface area contributed by atoms with Crippen molar-refractivity contribution in [3.63, 3.8) is 0 Å². The first-order chi connectivity index (χ1) is 10.1. The van der Waals surface area contributed by atoms with Crippen molar-refractivity contribution in [2.45, 2.75) is 64.7 Å². The zero-order valence-electron chi connectivity index (χ0n) is 13.4. The van der Waals surface area contributed by atoms with Gasteiger partial charge in [0.15, 0.2) is 0 Å². The van der Waals surface area contributed by atoms with Crippen molar-refractivity contribution < 1.29 is 5.11 Å². The highest BCUT2D eigenvalue weighted by atomic mass is 16.3. The molecule has 0 radical (unpaired) electrons. The van der Waals surface area contributed by atoms with Crippen LogP contribution in [0.25, 0.3) is 0 Å². The van der Waals surface area contributed by atoms with Gasteiger partial charge in [0.25, 0.3) is 0 Å². The van der Waals surface area contributed by atoms with Gasteiger partial charge in [0.2, 0.25) is 0 Å². The summed E-state index contributed by atoms with van der Waals surface area (Å²) < 4.78 is 0. The monoisotopic (exact) mass is 284 g/mol. The molecule has 1 aromatic rings. The molecular weight excluding hydrogens is 256 g/mol.